The first-order chi connectivity index (χ1) is 9.08. The van der Waals surface area contributed by atoms with Crippen molar-refractivity contribution in [3.8, 4) is 0 Å². The van der Waals surface area contributed by atoms with E-state index in [-0.39, 0.29) is 6.04 Å². The molecule has 1 N–H and O–H groups in total. The number of thiophene rings is 1. The zero-order valence-corrected chi connectivity index (χ0v) is 15.2. The summed E-state index contributed by atoms with van der Waals surface area (Å²) >= 11 is 8.99. The molecule has 6 heteroatoms. The van der Waals surface area contributed by atoms with Crippen molar-refractivity contribution in [3.05, 3.63) is 36.7 Å². The van der Waals surface area contributed by atoms with Gasteiger partial charge in [-0.15, -0.1) is 11.3 Å². The van der Waals surface area contributed by atoms with Crippen LogP contribution in [0.2, 0.25) is 0 Å². The molecule has 0 saturated carbocycles. The molecule has 0 bridgehead atoms. The van der Waals surface area contributed by atoms with Crippen LogP contribution in [0, 0.1) is 6.92 Å². The molecule has 0 saturated heterocycles. The number of rotatable bonds is 5. The highest BCUT2D eigenvalue weighted by molar-refractivity contribution is 9.11. The predicted octanol–water partition coefficient (Wildman–Crippen LogP) is 4.50. The fraction of sp³-hybridized carbons (Fsp3) is 0.462. The molecule has 19 heavy (non-hydrogen) atoms. The van der Waals surface area contributed by atoms with Crippen LogP contribution in [0.3, 0.4) is 0 Å². The maximum absolute atomic E-state index is 4.45. The van der Waals surface area contributed by atoms with Crippen LogP contribution >= 0.6 is 43.2 Å². The number of nitrogens with one attached hydrogen (secondary N) is 1. The molecule has 2 aromatic heterocycles. The zero-order chi connectivity index (χ0) is 14.0. The molecule has 104 valence electrons. The number of aryl methyl sites for hydroxylation is 2. The molecule has 0 aliphatic heterocycles. The smallest absolute Gasteiger partial charge is 0.0851 e. The van der Waals surface area contributed by atoms with Crippen molar-refractivity contribution in [2.45, 2.75) is 32.9 Å². The Morgan fingerprint density at radius 1 is 1.47 bits per heavy atom. The van der Waals surface area contributed by atoms with E-state index in [1.165, 1.54) is 19.9 Å². The van der Waals surface area contributed by atoms with E-state index in [0.29, 0.717) is 0 Å². The molecular formula is C13H17Br2N3S. The van der Waals surface area contributed by atoms with Gasteiger partial charge in [0.1, 0.15) is 0 Å². The Kier molecular flexibility index (Phi) is 5.22. The second-order valence-electron chi connectivity index (χ2n) is 4.43. The van der Waals surface area contributed by atoms with Gasteiger partial charge in [0.2, 0.25) is 0 Å². The largest absolute Gasteiger partial charge is 0.307 e. The van der Waals surface area contributed by atoms with Crippen molar-refractivity contribution in [1.82, 2.24) is 15.1 Å². The zero-order valence-electron chi connectivity index (χ0n) is 11.2. The number of nitrogens with zero attached hydrogens (tertiary/aromatic N) is 2. The summed E-state index contributed by atoms with van der Waals surface area (Å²) in [4.78, 5) is 1.30. The number of hydrogen-bond donors (Lipinski definition) is 1. The summed E-state index contributed by atoms with van der Waals surface area (Å²) in [5, 5.41) is 7.85. The topological polar surface area (TPSA) is 29.9 Å². The SMILES string of the molecule is CCCn1ncc(Br)c1C(NC)c1cc(C)c(Br)s1. The van der Waals surface area contributed by atoms with Crippen molar-refractivity contribution in [1.29, 1.82) is 0 Å². The lowest BCUT2D eigenvalue weighted by atomic mass is 10.1. The van der Waals surface area contributed by atoms with Gasteiger partial charge in [-0.05, 0) is 63.9 Å². The van der Waals surface area contributed by atoms with Crippen molar-refractivity contribution in [2.75, 3.05) is 7.05 Å². The predicted molar refractivity (Wildman–Crippen MR) is 87.9 cm³/mol. The van der Waals surface area contributed by atoms with Gasteiger partial charge in [0.25, 0.3) is 0 Å². The van der Waals surface area contributed by atoms with Crippen LogP contribution in [-0.4, -0.2) is 16.8 Å². The lowest BCUT2D eigenvalue weighted by molar-refractivity contribution is 0.536. The summed E-state index contributed by atoms with van der Waals surface area (Å²) in [7, 11) is 1.99. The number of hydrogen-bond acceptors (Lipinski definition) is 3. The molecule has 3 nitrogen and oxygen atoms in total. The first kappa shape index (κ1) is 15.2. The van der Waals surface area contributed by atoms with Crippen LogP contribution in [0.15, 0.2) is 20.5 Å². The van der Waals surface area contributed by atoms with Crippen molar-refractivity contribution >= 4 is 43.2 Å². The lowest BCUT2D eigenvalue weighted by Gasteiger charge is -2.17. The van der Waals surface area contributed by atoms with Crippen LogP contribution < -0.4 is 5.32 Å². The van der Waals surface area contributed by atoms with Gasteiger partial charge in [-0.3, -0.25) is 4.68 Å². The van der Waals surface area contributed by atoms with Crippen LogP contribution in [-0.2, 0) is 6.54 Å². The van der Waals surface area contributed by atoms with E-state index in [4.69, 9.17) is 0 Å². The minimum Gasteiger partial charge on any atom is -0.307 e. The summed E-state index contributed by atoms with van der Waals surface area (Å²) in [5.41, 5.74) is 2.47. The third-order valence-electron chi connectivity index (χ3n) is 2.99. The van der Waals surface area contributed by atoms with Gasteiger partial charge in [0.15, 0.2) is 0 Å². The Hall–Kier alpha value is -0.170. The van der Waals surface area contributed by atoms with E-state index in [1.807, 2.05) is 13.2 Å². The van der Waals surface area contributed by atoms with Gasteiger partial charge in [-0.2, -0.15) is 5.10 Å². The third-order valence-corrected chi connectivity index (χ3v) is 5.80. The van der Waals surface area contributed by atoms with Gasteiger partial charge in [0, 0.05) is 11.4 Å². The first-order valence-corrected chi connectivity index (χ1v) is 8.63. The van der Waals surface area contributed by atoms with Crippen LogP contribution in [0.5, 0.6) is 0 Å². The molecule has 0 fully saturated rings. The van der Waals surface area contributed by atoms with Crippen molar-refractivity contribution in [2.24, 2.45) is 0 Å². The van der Waals surface area contributed by atoms with Crippen LogP contribution in [0.4, 0.5) is 0 Å². The first-order valence-electron chi connectivity index (χ1n) is 6.22. The van der Waals surface area contributed by atoms with Gasteiger partial charge in [0.05, 0.1) is 26.2 Å². The van der Waals surface area contributed by atoms with E-state index in [9.17, 15) is 0 Å². The highest BCUT2D eigenvalue weighted by atomic mass is 79.9. The Morgan fingerprint density at radius 2 is 2.21 bits per heavy atom. The van der Waals surface area contributed by atoms with E-state index < -0.39 is 0 Å². The minimum atomic E-state index is 0.165. The Labute approximate surface area is 134 Å². The fourth-order valence-corrected chi connectivity index (χ4v) is 4.30. The normalized spacial score (nSPS) is 12.9. The quantitative estimate of drug-likeness (QED) is 0.792. The molecule has 1 atom stereocenters. The van der Waals surface area contributed by atoms with Gasteiger partial charge in [-0.1, -0.05) is 6.92 Å². The maximum atomic E-state index is 4.45. The molecule has 2 heterocycles. The van der Waals surface area contributed by atoms with Crippen molar-refractivity contribution < 1.29 is 0 Å². The number of halogens is 2. The molecule has 0 amide bonds. The van der Waals surface area contributed by atoms with E-state index in [2.05, 4.69) is 66.9 Å². The molecule has 2 rings (SSSR count). The molecule has 0 spiro atoms. The summed E-state index contributed by atoms with van der Waals surface area (Å²) in [5.74, 6) is 0. The fourth-order valence-electron chi connectivity index (χ4n) is 2.09. The molecule has 2 aromatic rings. The van der Waals surface area contributed by atoms with Crippen LogP contribution in [0.25, 0.3) is 0 Å². The van der Waals surface area contributed by atoms with E-state index >= 15 is 0 Å². The second kappa shape index (κ2) is 6.52. The molecule has 0 aromatic carbocycles. The molecule has 0 aliphatic carbocycles. The summed E-state index contributed by atoms with van der Waals surface area (Å²) in [6.45, 7) is 5.22. The monoisotopic (exact) mass is 405 g/mol. The summed E-state index contributed by atoms with van der Waals surface area (Å²) < 4.78 is 4.33. The van der Waals surface area contributed by atoms with Gasteiger partial charge < -0.3 is 5.32 Å². The van der Waals surface area contributed by atoms with E-state index in [0.717, 1.165) is 17.4 Å². The van der Waals surface area contributed by atoms with Crippen molar-refractivity contribution in [3.63, 3.8) is 0 Å². The average molecular weight is 407 g/mol. The molecule has 0 aliphatic rings. The molecule has 0 radical (unpaired) electrons. The summed E-state index contributed by atoms with van der Waals surface area (Å²) in [6.07, 6.45) is 2.95. The Bertz CT molecular complexity index is 543. The standard InChI is InChI=1S/C13H17Br2N3S/c1-4-5-18-12(9(14)7-17-18)11(16-3)10-6-8(2)13(15)19-10/h6-7,11,16H,4-5H2,1-3H3. The van der Waals surface area contributed by atoms with E-state index in [1.54, 1.807) is 11.3 Å². The molecular weight excluding hydrogens is 390 g/mol. The third kappa shape index (κ3) is 3.12. The van der Waals surface area contributed by atoms with Gasteiger partial charge >= 0.3 is 0 Å². The Morgan fingerprint density at radius 3 is 2.74 bits per heavy atom. The summed E-state index contributed by atoms with van der Waals surface area (Å²) in [6, 6.07) is 2.39. The minimum absolute atomic E-state index is 0.165. The highest BCUT2D eigenvalue weighted by Crippen LogP contribution is 2.36. The second-order valence-corrected chi connectivity index (χ2v) is 7.68. The number of aromatic nitrogens is 2. The maximum Gasteiger partial charge on any atom is 0.0851 e. The Balaban J connectivity index is 2.44. The van der Waals surface area contributed by atoms with Gasteiger partial charge in [-0.25, -0.2) is 0 Å². The lowest BCUT2D eigenvalue weighted by Crippen LogP contribution is -2.21. The van der Waals surface area contributed by atoms with Crippen LogP contribution in [0.1, 0.15) is 35.5 Å². The molecule has 1 unspecified atom stereocenters. The average Bonchev–Trinajstić information content (AvgIpc) is 2.88. The highest BCUT2D eigenvalue weighted by Gasteiger charge is 2.22.